The fourth-order valence-corrected chi connectivity index (χ4v) is 3.54. The second-order valence-corrected chi connectivity index (χ2v) is 6.87. The van der Waals surface area contributed by atoms with Gasteiger partial charge in [0.2, 0.25) is 5.91 Å². The minimum atomic E-state index is -0.0334. The molecule has 1 aromatic carbocycles. The van der Waals surface area contributed by atoms with E-state index in [1.165, 1.54) is 18.4 Å². The lowest BCUT2D eigenvalue weighted by molar-refractivity contribution is -0.122. The van der Waals surface area contributed by atoms with Crippen LogP contribution in [0.3, 0.4) is 0 Å². The van der Waals surface area contributed by atoms with Crippen molar-refractivity contribution in [1.82, 2.24) is 5.32 Å². The normalized spacial score (nSPS) is 26.2. The second-order valence-electron chi connectivity index (χ2n) is 6.31. The first-order chi connectivity index (χ1) is 9.53. The van der Waals surface area contributed by atoms with Crippen molar-refractivity contribution < 1.29 is 4.79 Å². The molecular weight excluding hydrogens is 314 g/mol. The van der Waals surface area contributed by atoms with Gasteiger partial charge in [-0.3, -0.25) is 4.79 Å². The van der Waals surface area contributed by atoms with Gasteiger partial charge in [0.25, 0.3) is 0 Å². The third-order valence-corrected chi connectivity index (χ3v) is 5.45. The molecular formula is C17H24BrNO. The van der Waals surface area contributed by atoms with Gasteiger partial charge in [0, 0.05) is 10.9 Å². The maximum absolute atomic E-state index is 12.3. The van der Waals surface area contributed by atoms with Crippen LogP contribution in [0.5, 0.6) is 0 Å². The van der Waals surface area contributed by atoms with Gasteiger partial charge in [-0.05, 0) is 44.1 Å². The summed E-state index contributed by atoms with van der Waals surface area (Å²) in [6.45, 7) is 4.36. The molecule has 1 aliphatic carbocycles. The number of halogens is 1. The van der Waals surface area contributed by atoms with Gasteiger partial charge in [-0.15, -0.1) is 0 Å². The Morgan fingerprint density at radius 2 is 1.90 bits per heavy atom. The van der Waals surface area contributed by atoms with Gasteiger partial charge in [0.15, 0.2) is 0 Å². The molecule has 0 bridgehead atoms. The predicted molar refractivity (Wildman–Crippen MR) is 87.2 cm³/mol. The zero-order valence-corrected chi connectivity index (χ0v) is 14.0. The van der Waals surface area contributed by atoms with Crippen LogP contribution >= 0.6 is 15.9 Å². The molecule has 0 heterocycles. The van der Waals surface area contributed by atoms with E-state index >= 15 is 0 Å². The Balaban J connectivity index is 1.94. The van der Waals surface area contributed by atoms with Gasteiger partial charge in [-0.1, -0.05) is 52.7 Å². The summed E-state index contributed by atoms with van der Waals surface area (Å²) in [5.74, 6) is 0.930. The molecule has 2 rings (SSSR count). The molecule has 0 radical (unpaired) electrons. The van der Waals surface area contributed by atoms with E-state index in [-0.39, 0.29) is 11.4 Å². The highest BCUT2D eigenvalue weighted by atomic mass is 79.9. The van der Waals surface area contributed by atoms with E-state index in [0.29, 0.717) is 6.42 Å². The maximum Gasteiger partial charge on any atom is 0.224 e. The lowest BCUT2D eigenvalue weighted by atomic mass is 9.78. The number of hydrogen-bond donors (Lipinski definition) is 1. The number of carbonyl (C=O) groups is 1. The van der Waals surface area contributed by atoms with E-state index < -0.39 is 0 Å². The largest absolute Gasteiger partial charge is 0.350 e. The number of amides is 1. The van der Waals surface area contributed by atoms with Gasteiger partial charge >= 0.3 is 0 Å². The molecule has 1 aliphatic rings. The Morgan fingerprint density at radius 1 is 1.30 bits per heavy atom. The van der Waals surface area contributed by atoms with Crippen molar-refractivity contribution in [3.63, 3.8) is 0 Å². The number of nitrogens with one attached hydrogen (secondary N) is 1. The van der Waals surface area contributed by atoms with Crippen LogP contribution in [0.1, 0.15) is 43.7 Å². The van der Waals surface area contributed by atoms with Crippen LogP contribution in [0.2, 0.25) is 0 Å². The van der Waals surface area contributed by atoms with E-state index in [9.17, 15) is 4.79 Å². The maximum atomic E-state index is 12.3. The van der Waals surface area contributed by atoms with Crippen LogP contribution in [0.25, 0.3) is 0 Å². The van der Waals surface area contributed by atoms with Crippen molar-refractivity contribution in [2.75, 3.05) is 5.33 Å². The topological polar surface area (TPSA) is 29.1 Å². The zero-order valence-electron chi connectivity index (χ0n) is 12.4. The molecule has 110 valence electrons. The van der Waals surface area contributed by atoms with Gasteiger partial charge < -0.3 is 5.32 Å². The zero-order chi connectivity index (χ0) is 14.6. The number of rotatable bonds is 4. The van der Waals surface area contributed by atoms with E-state index in [0.717, 1.165) is 29.7 Å². The molecule has 1 N–H and O–H groups in total. The van der Waals surface area contributed by atoms with Crippen molar-refractivity contribution in [3.8, 4) is 0 Å². The molecule has 0 saturated heterocycles. The number of hydrogen-bond acceptors (Lipinski definition) is 1. The highest BCUT2D eigenvalue weighted by Gasteiger charge is 2.34. The van der Waals surface area contributed by atoms with E-state index in [2.05, 4.69) is 47.2 Å². The van der Waals surface area contributed by atoms with Gasteiger partial charge in [0.1, 0.15) is 0 Å². The highest BCUT2D eigenvalue weighted by molar-refractivity contribution is 9.09. The summed E-state index contributed by atoms with van der Waals surface area (Å²) in [4.78, 5) is 12.3. The smallest absolute Gasteiger partial charge is 0.224 e. The van der Waals surface area contributed by atoms with Crippen molar-refractivity contribution in [1.29, 1.82) is 0 Å². The SMILES string of the molecule is Cc1ccc(CC(=O)NC2(CBr)CCC(C)CC2)cc1. The minimum Gasteiger partial charge on any atom is -0.350 e. The van der Waals surface area contributed by atoms with E-state index in [1.54, 1.807) is 0 Å². The van der Waals surface area contributed by atoms with Gasteiger partial charge in [-0.25, -0.2) is 0 Å². The molecule has 0 spiro atoms. The summed E-state index contributed by atoms with van der Waals surface area (Å²) < 4.78 is 0. The standard InChI is InChI=1S/C17H24BrNO/c1-13-3-5-15(6-4-13)11-16(20)19-17(12-18)9-7-14(2)8-10-17/h3-6,14H,7-12H2,1-2H3,(H,19,20). The lowest BCUT2D eigenvalue weighted by Gasteiger charge is -2.39. The first-order valence-electron chi connectivity index (χ1n) is 7.45. The molecule has 0 unspecified atom stereocenters. The number of aryl methyl sites for hydroxylation is 1. The van der Waals surface area contributed by atoms with Crippen LogP contribution < -0.4 is 5.32 Å². The van der Waals surface area contributed by atoms with E-state index in [4.69, 9.17) is 0 Å². The number of benzene rings is 1. The molecule has 1 saturated carbocycles. The molecule has 0 aliphatic heterocycles. The van der Waals surface area contributed by atoms with Crippen molar-refractivity contribution in [2.45, 2.75) is 51.5 Å². The fraction of sp³-hybridized carbons (Fsp3) is 0.588. The highest BCUT2D eigenvalue weighted by Crippen LogP contribution is 2.33. The summed E-state index contributed by atoms with van der Waals surface area (Å²) in [5, 5.41) is 4.13. The third-order valence-electron chi connectivity index (χ3n) is 4.38. The Bertz CT molecular complexity index is 447. The van der Waals surface area contributed by atoms with Crippen molar-refractivity contribution >= 4 is 21.8 Å². The average Bonchev–Trinajstić information content (AvgIpc) is 2.44. The van der Waals surface area contributed by atoms with Crippen LogP contribution in [0.15, 0.2) is 24.3 Å². The predicted octanol–water partition coefficient (Wildman–Crippen LogP) is 4.00. The van der Waals surface area contributed by atoms with E-state index in [1.807, 2.05) is 12.1 Å². The molecule has 1 aromatic rings. The molecule has 20 heavy (non-hydrogen) atoms. The summed E-state index contributed by atoms with van der Waals surface area (Å²) in [6, 6.07) is 8.20. The summed E-state index contributed by atoms with van der Waals surface area (Å²) in [7, 11) is 0. The molecule has 0 aromatic heterocycles. The monoisotopic (exact) mass is 337 g/mol. The molecule has 1 amide bonds. The van der Waals surface area contributed by atoms with Crippen molar-refractivity contribution in [3.05, 3.63) is 35.4 Å². The second kappa shape index (κ2) is 6.75. The van der Waals surface area contributed by atoms with Crippen LogP contribution in [-0.2, 0) is 11.2 Å². The van der Waals surface area contributed by atoms with Crippen LogP contribution in [0, 0.1) is 12.8 Å². The van der Waals surface area contributed by atoms with Gasteiger partial charge in [0.05, 0.1) is 6.42 Å². The third kappa shape index (κ3) is 4.08. The Kier molecular flexibility index (Phi) is 5.25. The first kappa shape index (κ1) is 15.6. The number of carbonyl (C=O) groups excluding carboxylic acids is 1. The summed E-state index contributed by atoms with van der Waals surface area (Å²) in [6.07, 6.45) is 5.05. The molecule has 2 nitrogen and oxygen atoms in total. The Morgan fingerprint density at radius 3 is 2.45 bits per heavy atom. The van der Waals surface area contributed by atoms with Crippen LogP contribution in [0.4, 0.5) is 0 Å². The van der Waals surface area contributed by atoms with Gasteiger partial charge in [-0.2, -0.15) is 0 Å². The van der Waals surface area contributed by atoms with Crippen LogP contribution in [-0.4, -0.2) is 16.8 Å². The molecule has 1 fully saturated rings. The fourth-order valence-electron chi connectivity index (χ4n) is 2.84. The minimum absolute atomic E-state index is 0.0334. The average molecular weight is 338 g/mol. The lowest BCUT2D eigenvalue weighted by Crippen LogP contribution is -2.52. The summed E-state index contributed by atoms with van der Waals surface area (Å²) >= 11 is 3.60. The quantitative estimate of drug-likeness (QED) is 0.826. The Hall–Kier alpha value is -0.830. The first-order valence-corrected chi connectivity index (χ1v) is 8.58. The van der Waals surface area contributed by atoms with Crippen molar-refractivity contribution in [2.24, 2.45) is 5.92 Å². The molecule has 0 atom stereocenters. The number of alkyl halides is 1. The summed E-state index contributed by atoms with van der Waals surface area (Å²) in [5.41, 5.74) is 2.28. The Labute approximate surface area is 130 Å². The molecule has 3 heteroatoms.